The zero-order valence-corrected chi connectivity index (χ0v) is 6.67. The lowest BCUT2D eigenvalue weighted by atomic mass is 10.5. The van der Waals surface area contributed by atoms with Crippen LogP contribution in [0.1, 0.15) is 6.42 Å². The molecule has 0 aliphatic rings. The van der Waals surface area contributed by atoms with Gasteiger partial charge >= 0.3 is 0 Å². The summed E-state index contributed by atoms with van der Waals surface area (Å²) >= 11 is 1.34. The molecule has 0 saturated heterocycles. The van der Waals surface area contributed by atoms with Crippen LogP contribution < -0.4 is 4.72 Å². The molecule has 0 spiro atoms. The summed E-state index contributed by atoms with van der Waals surface area (Å²) in [6.07, 6.45) is 0.867. The first kappa shape index (κ1) is 8.55. The van der Waals surface area contributed by atoms with Gasteiger partial charge in [-0.05, 0) is 6.42 Å². The smallest absolute Gasteiger partial charge is 0.231 e. The van der Waals surface area contributed by atoms with Crippen LogP contribution in [0.5, 0.6) is 0 Å². The summed E-state index contributed by atoms with van der Waals surface area (Å²) in [7, 11) is 0. The molecule has 0 rings (SSSR count). The monoisotopic (exact) mass is 201 g/mol. The quantitative estimate of drug-likeness (QED) is 0.396. The van der Waals surface area contributed by atoms with Gasteiger partial charge in [0.15, 0.2) is 0 Å². The Labute approximate surface area is 59.4 Å². The Hall–Kier alpha value is 0.550. The van der Waals surface area contributed by atoms with Crippen LogP contribution in [0.15, 0.2) is 0 Å². The highest BCUT2D eigenvalue weighted by Gasteiger charge is 1.87. The number of halogens is 1. The SMILES string of the molecule is O=S(O)NCCCBr. The second-order valence-electron chi connectivity index (χ2n) is 1.19. The van der Waals surface area contributed by atoms with Crippen molar-refractivity contribution < 1.29 is 8.76 Å². The maximum atomic E-state index is 9.86. The van der Waals surface area contributed by atoms with Crippen LogP contribution in [-0.2, 0) is 11.3 Å². The maximum absolute atomic E-state index is 9.86. The average Bonchev–Trinajstić information content (AvgIpc) is 1.66. The Morgan fingerprint density at radius 2 is 2.38 bits per heavy atom. The minimum Gasteiger partial charge on any atom is -0.294 e. The Morgan fingerprint density at radius 1 is 1.75 bits per heavy atom. The van der Waals surface area contributed by atoms with Gasteiger partial charge in [-0.1, -0.05) is 15.9 Å². The highest BCUT2D eigenvalue weighted by atomic mass is 79.9. The van der Waals surface area contributed by atoms with E-state index in [0.717, 1.165) is 11.8 Å². The predicted molar refractivity (Wildman–Crippen MR) is 37.2 cm³/mol. The minimum atomic E-state index is -1.84. The molecule has 0 amide bonds. The number of hydrogen-bond donors (Lipinski definition) is 2. The Morgan fingerprint density at radius 3 is 2.75 bits per heavy atom. The molecule has 0 bridgehead atoms. The van der Waals surface area contributed by atoms with E-state index in [9.17, 15) is 4.21 Å². The van der Waals surface area contributed by atoms with Crippen molar-refractivity contribution in [1.82, 2.24) is 4.72 Å². The van der Waals surface area contributed by atoms with Gasteiger partial charge in [0.25, 0.3) is 0 Å². The van der Waals surface area contributed by atoms with Crippen LogP contribution in [0.25, 0.3) is 0 Å². The van der Waals surface area contributed by atoms with Crippen LogP contribution in [0, 0.1) is 0 Å². The Kier molecular flexibility index (Phi) is 6.07. The van der Waals surface area contributed by atoms with Crippen molar-refractivity contribution in [1.29, 1.82) is 0 Å². The number of rotatable bonds is 4. The number of nitrogens with one attached hydrogen (secondary N) is 1. The summed E-state index contributed by atoms with van der Waals surface area (Å²) in [5.41, 5.74) is 0. The van der Waals surface area contributed by atoms with E-state index in [4.69, 9.17) is 4.55 Å². The van der Waals surface area contributed by atoms with E-state index in [1.54, 1.807) is 0 Å². The third-order valence-electron chi connectivity index (χ3n) is 0.536. The molecular weight excluding hydrogens is 194 g/mol. The van der Waals surface area contributed by atoms with Crippen molar-refractivity contribution in [3.05, 3.63) is 0 Å². The lowest BCUT2D eigenvalue weighted by molar-refractivity contribution is 0.549. The van der Waals surface area contributed by atoms with Gasteiger partial charge in [-0.25, -0.2) is 8.93 Å². The summed E-state index contributed by atoms with van der Waals surface area (Å²) in [4.78, 5) is 0. The molecule has 1 unspecified atom stereocenters. The largest absolute Gasteiger partial charge is 0.294 e. The van der Waals surface area contributed by atoms with Crippen LogP contribution in [0.3, 0.4) is 0 Å². The molecule has 0 fully saturated rings. The number of hydrogen-bond acceptors (Lipinski definition) is 1. The Balaban J connectivity index is 2.82. The van der Waals surface area contributed by atoms with E-state index in [2.05, 4.69) is 20.7 Å². The molecule has 5 heteroatoms. The third-order valence-corrected chi connectivity index (χ3v) is 1.55. The topological polar surface area (TPSA) is 49.3 Å². The third kappa shape index (κ3) is 6.55. The fraction of sp³-hybridized carbons (Fsp3) is 1.00. The van der Waals surface area contributed by atoms with Crippen molar-refractivity contribution in [3.8, 4) is 0 Å². The van der Waals surface area contributed by atoms with Gasteiger partial charge in [-0.15, -0.1) is 0 Å². The molecule has 0 radical (unpaired) electrons. The van der Waals surface area contributed by atoms with Gasteiger partial charge in [0.1, 0.15) is 0 Å². The van der Waals surface area contributed by atoms with E-state index in [-0.39, 0.29) is 0 Å². The van der Waals surface area contributed by atoms with Crippen molar-refractivity contribution in [2.45, 2.75) is 6.42 Å². The highest BCUT2D eigenvalue weighted by molar-refractivity contribution is 9.09. The number of alkyl halides is 1. The standard InChI is InChI=1S/C3H8BrNO2S/c4-2-1-3-5-8(6)7/h5H,1-3H2,(H,6,7). The summed E-state index contributed by atoms with van der Waals surface area (Å²) < 4.78 is 20.3. The molecule has 0 aliphatic heterocycles. The highest BCUT2D eigenvalue weighted by Crippen LogP contribution is 1.83. The molecule has 0 aromatic carbocycles. The summed E-state index contributed by atoms with van der Waals surface area (Å²) in [5, 5.41) is 0.858. The molecule has 2 N–H and O–H groups in total. The van der Waals surface area contributed by atoms with Crippen molar-refractivity contribution in [3.63, 3.8) is 0 Å². The second kappa shape index (κ2) is 5.68. The molecule has 3 nitrogen and oxygen atoms in total. The lowest BCUT2D eigenvalue weighted by Gasteiger charge is -1.93. The van der Waals surface area contributed by atoms with Gasteiger partial charge < -0.3 is 0 Å². The lowest BCUT2D eigenvalue weighted by Crippen LogP contribution is -2.17. The molecule has 0 aromatic heterocycles. The first-order chi connectivity index (χ1) is 3.77. The van der Waals surface area contributed by atoms with Crippen LogP contribution in [-0.4, -0.2) is 20.6 Å². The zero-order valence-electron chi connectivity index (χ0n) is 4.26. The maximum Gasteiger partial charge on any atom is 0.231 e. The Bertz CT molecular complexity index is 79.7. The van der Waals surface area contributed by atoms with Gasteiger partial charge in [0, 0.05) is 11.9 Å². The first-order valence-electron chi connectivity index (χ1n) is 2.17. The van der Waals surface area contributed by atoms with Crippen molar-refractivity contribution >= 4 is 27.2 Å². The molecule has 1 atom stereocenters. The van der Waals surface area contributed by atoms with Crippen molar-refractivity contribution in [2.24, 2.45) is 0 Å². The van der Waals surface area contributed by atoms with Gasteiger partial charge in [-0.3, -0.25) is 4.55 Å². The fourth-order valence-electron chi connectivity index (χ4n) is 0.226. The predicted octanol–water partition coefficient (Wildman–Crippen LogP) is 0.498. The van der Waals surface area contributed by atoms with Gasteiger partial charge in [0.2, 0.25) is 11.3 Å². The van der Waals surface area contributed by atoms with E-state index in [0.29, 0.717) is 6.54 Å². The van der Waals surface area contributed by atoms with Crippen LogP contribution in [0.4, 0.5) is 0 Å². The van der Waals surface area contributed by atoms with Gasteiger partial charge in [0.05, 0.1) is 0 Å². The summed E-state index contributed by atoms with van der Waals surface area (Å²) in [6.45, 7) is 0.578. The fourth-order valence-corrected chi connectivity index (χ4v) is 0.826. The van der Waals surface area contributed by atoms with E-state index < -0.39 is 11.3 Å². The molecule has 0 saturated carbocycles. The van der Waals surface area contributed by atoms with E-state index in [1.165, 1.54) is 0 Å². The summed E-state index contributed by atoms with van der Waals surface area (Å²) in [5.74, 6) is 0. The van der Waals surface area contributed by atoms with E-state index >= 15 is 0 Å². The minimum absolute atomic E-state index is 0.578. The molecule has 0 aromatic rings. The van der Waals surface area contributed by atoms with Gasteiger partial charge in [-0.2, -0.15) is 0 Å². The normalized spacial score (nSPS) is 13.8. The first-order valence-corrected chi connectivity index (χ1v) is 4.40. The molecule has 0 aliphatic carbocycles. The van der Waals surface area contributed by atoms with Crippen molar-refractivity contribution in [2.75, 3.05) is 11.9 Å². The van der Waals surface area contributed by atoms with Crippen LogP contribution in [0.2, 0.25) is 0 Å². The molecule has 50 valence electrons. The molecule has 0 heterocycles. The second-order valence-corrected chi connectivity index (χ2v) is 2.77. The molecule has 8 heavy (non-hydrogen) atoms. The summed E-state index contributed by atoms with van der Waals surface area (Å²) in [6, 6.07) is 0. The average molecular weight is 202 g/mol. The molecular formula is C3H8BrNO2S. The van der Waals surface area contributed by atoms with Crippen LogP contribution >= 0.6 is 15.9 Å². The zero-order chi connectivity index (χ0) is 6.41. The van der Waals surface area contributed by atoms with E-state index in [1.807, 2.05) is 0 Å².